The van der Waals surface area contributed by atoms with E-state index in [0.717, 1.165) is 0 Å². The van der Waals surface area contributed by atoms with Gasteiger partial charge >= 0.3 is 0 Å². The number of carbonyl (C=O) groups excluding carboxylic acids is 1. The predicted octanol–water partition coefficient (Wildman–Crippen LogP) is -1.06. The van der Waals surface area contributed by atoms with Crippen LogP contribution in [0.3, 0.4) is 0 Å². The lowest BCUT2D eigenvalue weighted by Crippen LogP contribution is -2.41. The number of β-amino-alcohol motifs (C(OH)–C–C–N with tert-alkyl or cyclic N) is 1. The Morgan fingerprint density at radius 3 is 2.86 bits per heavy atom. The smallest absolute Gasteiger partial charge is 0.239 e. The Morgan fingerprint density at radius 1 is 1.71 bits per heavy atom. The molecule has 0 aromatic rings. The lowest BCUT2D eigenvalue weighted by molar-refractivity contribution is -0.131. The Morgan fingerprint density at radius 2 is 2.36 bits per heavy atom. The molecule has 1 saturated heterocycles. The first-order chi connectivity index (χ1) is 6.56. The summed E-state index contributed by atoms with van der Waals surface area (Å²) in [6, 6.07) is -0.512. The second kappa shape index (κ2) is 4.72. The Labute approximate surface area is 83.8 Å². The topological polar surface area (TPSA) is 75.8 Å². The van der Waals surface area contributed by atoms with Crippen molar-refractivity contribution < 1.29 is 14.6 Å². The van der Waals surface area contributed by atoms with E-state index in [1.165, 1.54) is 0 Å². The van der Waals surface area contributed by atoms with Gasteiger partial charge in [0.25, 0.3) is 0 Å². The first-order valence-corrected chi connectivity index (χ1v) is 4.90. The van der Waals surface area contributed by atoms with Gasteiger partial charge in [0, 0.05) is 19.7 Å². The molecule has 1 aliphatic heterocycles. The van der Waals surface area contributed by atoms with Crippen molar-refractivity contribution in [1.29, 1.82) is 0 Å². The normalized spacial score (nSPS) is 29.3. The third kappa shape index (κ3) is 2.43. The molecule has 0 aromatic heterocycles. The van der Waals surface area contributed by atoms with Crippen LogP contribution in [0.1, 0.15) is 13.8 Å². The summed E-state index contributed by atoms with van der Waals surface area (Å²) in [7, 11) is 0. The van der Waals surface area contributed by atoms with E-state index in [1.807, 2.05) is 6.92 Å². The van der Waals surface area contributed by atoms with Crippen molar-refractivity contribution in [2.45, 2.75) is 32.1 Å². The summed E-state index contributed by atoms with van der Waals surface area (Å²) in [5.41, 5.74) is 5.47. The highest BCUT2D eigenvalue weighted by Crippen LogP contribution is 2.14. The van der Waals surface area contributed by atoms with Crippen LogP contribution in [0.5, 0.6) is 0 Å². The molecule has 3 N–H and O–H groups in total. The number of aliphatic hydroxyl groups excluding tert-OH is 1. The van der Waals surface area contributed by atoms with Gasteiger partial charge in [-0.3, -0.25) is 4.79 Å². The van der Waals surface area contributed by atoms with Crippen molar-refractivity contribution in [1.82, 2.24) is 4.90 Å². The zero-order valence-corrected chi connectivity index (χ0v) is 8.64. The summed E-state index contributed by atoms with van der Waals surface area (Å²) >= 11 is 0. The van der Waals surface area contributed by atoms with Gasteiger partial charge in [-0.1, -0.05) is 0 Å². The van der Waals surface area contributed by atoms with Crippen LogP contribution in [-0.2, 0) is 9.53 Å². The first-order valence-electron chi connectivity index (χ1n) is 4.90. The molecule has 0 bridgehead atoms. The molecule has 14 heavy (non-hydrogen) atoms. The fourth-order valence-electron chi connectivity index (χ4n) is 1.60. The lowest BCUT2D eigenvalue weighted by atomic mass is 10.3. The Balaban J connectivity index is 2.49. The second-order valence-electron chi connectivity index (χ2n) is 3.59. The first kappa shape index (κ1) is 11.4. The third-order valence-corrected chi connectivity index (χ3v) is 2.32. The molecule has 5 heteroatoms. The quantitative estimate of drug-likeness (QED) is 0.612. The van der Waals surface area contributed by atoms with Crippen molar-refractivity contribution >= 4 is 5.91 Å². The Bertz CT molecular complexity index is 208. The van der Waals surface area contributed by atoms with Crippen LogP contribution in [0.25, 0.3) is 0 Å². The van der Waals surface area contributed by atoms with Crippen LogP contribution in [0.15, 0.2) is 0 Å². The van der Waals surface area contributed by atoms with Gasteiger partial charge in [0.15, 0.2) is 0 Å². The average molecular weight is 202 g/mol. The molecule has 1 amide bonds. The molecular formula is C9H18N2O3. The Kier molecular flexibility index (Phi) is 3.86. The number of nitrogens with two attached hydrogens (primary N) is 1. The number of amides is 1. The van der Waals surface area contributed by atoms with Crippen molar-refractivity contribution in [2.75, 3.05) is 19.7 Å². The fraction of sp³-hybridized carbons (Fsp3) is 0.889. The maximum absolute atomic E-state index is 11.5. The summed E-state index contributed by atoms with van der Waals surface area (Å²) in [5.74, 6) is -0.133. The van der Waals surface area contributed by atoms with Crippen molar-refractivity contribution in [3.05, 3.63) is 0 Å². The highest BCUT2D eigenvalue weighted by atomic mass is 16.5. The van der Waals surface area contributed by atoms with Gasteiger partial charge in [0.2, 0.25) is 5.91 Å². The molecule has 1 rings (SSSR count). The second-order valence-corrected chi connectivity index (χ2v) is 3.59. The van der Waals surface area contributed by atoms with E-state index in [0.29, 0.717) is 19.7 Å². The number of likely N-dealkylation sites (tertiary alicyclic amines) is 1. The average Bonchev–Trinajstić information content (AvgIpc) is 2.47. The van der Waals surface area contributed by atoms with Crippen LogP contribution in [-0.4, -0.2) is 53.9 Å². The van der Waals surface area contributed by atoms with E-state index >= 15 is 0 Å². The molecule has 0 aromatic carbocycles. The number of rotatable bonds is 3. The van der Waals surface area contributed by atoms with E-state index in [1.54, 1.807) is 11.8 Å². The van der Waals surface area contributed by atoms with Crippen molar-refractivity contribution in [3.8, 4) is 0 Å². The number of aliphatic hydroxyl groups is 1. The minimum Gasteiger partial charge on any atom is -0.388 e. The highest BCUT2D eigenvalue weighted by Gasteiger charge is 2.35. The standard InChI is InChI=1S/C9H18N2O3/c1-3-14-8-5-11(4-7(8)12)9(13)6(2)10/h6-8,12H,3-5,10H2,1-2H3/t6-,7+,8-/m1/s1. The summed E-state index contributed by atoms with van der Waals surface area (Å²) in [6.45, 7) is 4.81. The minimum absolute atomic E-state index is 0.133. The molecule has 1 fully saturated rings. The predicted molar refractivity (Wildman–Crippen MR) is 51.7 cm³/mol. The number of ether oxygens (including phenoxy) is 1. The third-order valence-electron chi connectivity index (χ3n) is 2.32. The van der Waals surface area contributed by atoms with E-state index in [4.69, 9.17) is 10.5 Å². The van der Waals surface area contributed by atoms with E-state index < -0.39 is 12.1 Å². The summed E-state index contributed by atoms with van der Waals surface area (Å²) in [6.07, 6.45) is -0.847. The summed E-state index contributed by atoms with van der Waals surface area (Å²) in [4.78, 5) is 13.0. The van der Waals surface area contributed by atoms with Gasteiger partial charge in [0.05, 0.1) is 12.1 Å². The Hall–Kier alpha value is -0.650. The van der Waals surface area contributed by atoms with Gasteiger partial charge in [-0.15, -0.1) is 0 Å². The molecule has 82 valence electrons. The van der Waals surface area contributed by atoms with Crippen LogP contribution in [0.2, 0.25) is 0 Å². The number of hydrogen-bond donors (Lipinski definition) is 2. The largest absolute Gasteiger partial charge is 0.388 e. The minimum atomic E-state index is -0.586. The molecule has 1 heterocycles. The SMILES string of the molecule is CCO[C@@H]1CN(C(=O)[C@@H](C)N)C[C@@H]1O. The maximum atomic E-state index is 11.5. The molecule has 5 nitrogen and oxygen atoms in total. The molecule has 0 radical (unpaired) electrons. The lowest BCUT2D eigenvalue weighted by Gasteiger charge is -2.17. The van der Waals surface area contributed by atoms with Gasteiger partial charge in [-0.25, -0.2) is 0 Å². The number of hydrogen-bond acceptors (Lipinski definition) is 4. The van der Waals surface area contributed by atoms with E-state index in [-0.39, 0.29) is 12.0 Å². The number of nitrogens with zero attached hydrogens (tertiary/aromatic N) is 1. The van der Waals surface area contributed by atoms with Gasteiger partial charge in [-0.05, 0) is 13.8 Å². The van der Waals surface area contributed by atoms with Crippen LogP contribution < -0.4 is 5.73 Å². The molecule has 0 spiro atoms. The number of carbonyl (C=O) groups is 1. The molecule has 0 saturated carbocycles. The van der Waals surface area contributed by atoms with Crippen LogP contribution >= 0.6 is 0 Å². The van der Waals surface area contributed by atoms with Gasteiger partial charge in [0.1, 0.15) is 6.10 Å². The van der Waals surface area contributed by atoms with Gasteiger partial charge in [-0.2, -0.15) is 0 Å². The van der Waals surface area contributed by atoms with Crippen LogP contribution in [0.4, 0.5) is 0 Å². The molecular weight excluding hydrogens is 184 g/mol. The van der Waals surface area contributed by atoms with Gasteiger partial charge < -0.3 is 20.5 Å². The molecule has 0 aliphatic carbocycles. The molecule has 0 unspecified atom stereocenters. The molecule has 3 atom stereocenters. The summed E-state index contributed by atoms with van der Waals surface area (Å²) < 4.78 is 5.29. The molecule has 1 aliphatic rings. The maximum Gasteiger partial charge on any atom is 0.239 e. The summed E-state index contributed by atoms with van der Waals surface area (Å²) in [5, 5.41) is 9.56. The van der Waals surface area contributed by atoms with E-state index in [2.05, 4.69) is 0 Å². The van der Waals surface area contributed by atoms with Crippen molar-refractivity contribution in [3.63, 3.8) is 0 Å². The van der Waals surface area contributed by atoms with Crippen LogP contribution in [0, 0.1) is 0 Å². The monoisotopic (exact) mass is 202 g/mol. The fourth-order valence-corrected chi connectivity index (χ4v) is 1.60. The zero-order valence-electron chi connectivity index (χ0n) is 8.64. The van der Waals surface area contributed by atoms with Crippen molar-refractivity contribution in [2.24, 2.45) is 5.73 Å². The zero-order chi connectivity index (χ0) is 10.7. The van der Waals surface area contributed by atoms with E-state index in [9.17, 15) is 9.90 Å². The highest BCUT2D eigenvalue weighted by molar-refractivity contribution is 5.81.